The molecule has 0 aliphatic rings. The van der Waals surface area contributed by atoms with Gasteiger partial charge in [-0.05, 0) is 19.3 Å². The Balaban J connectivity index is 3.56. The SMILES string of the molecule is O=C=NCCC(O)CCC(O)N=C=O. The Bertz CT molecular complexity index is 244. The fourth-order valence-corrected chi connectivity index (χ4v) is 0.870. The lowest BCUT2D eigenvalue weighted by atomic mass is 10.1. The summed E-state index contributed by atoms with van der Waals surface area (Å²) in [6.07, 6.45) is 1.59. The first-order valence-corrected chi connectivity index (χ1v) is 4.17. The molecular weight excluding hydrogens is 188 g/mol. The van der Waals surface area contributed by atoms with Crippen LogP contribution < -0.4 is 0 Å². The van der Waals surface area contributed by atoms with Crippen LogP contribution >= 0.6 is 0 Å². The van der Waals surface area contributed by atoms with E-state index in [1.807, 2.05) is 0 Å². The summed E-state index contributed by atoms with van der Waals surface area (Å²) in [6.45, 7) is 0.206. The van der Waals surface area contributed by atoms with Gasteiger partial charge in [0.15, 0.2) is 6.23 Å². The number of carbonyl (C=O) groups excluding carboxylic acids is 2. The zero-order valence-corrected chi connectivity index (χ0v) is 7.59. The third-order valence-electron chi connectivity index (χ3n) is 1.60. The van der Waals surface area contributed by atoms with Gasteiger partial charge in [-0.1, -0.05) is 0 Å². The predicted molar refractivity (Wildman–Crippen MR) is 47.0 cm³/mol. The Morgan fingerprint density at radius 1 is 1.07 bits per heavy atom. The van der Waals surface area contributed by atoms with Gasteiger partial charge in [0.1, 0.15) is 0 Å². The molecule has 0 aromatic heterocycles. The van der Waals surface area contributed by atoms with E-state index in [-0.39, 0.29) is 13.0 Å². The normalized spacial score (nSPS) is 13.6. The first-order chi connectivity index (χ1) is 6.70. The number of hydrogen-bond donors (Lipinski definition) is 2. The molecule has 0 fully saturated rings. The van der Waals surface area contributed by atoms with Gasteiger partial charge < -0.3 is 10.2 Å². The molecule has 6 nitrogen and oxygen atoms in total. The Hall–Kier alpha value is -1.32. The second-order valence-corrected chi connectivity index (χ2v) is 2.69. The molecule has 0 amide bonds. The van der Waals surface area contributed by atoms with Crippen molar-refractivity contribution in [3.05, 3.63) is 0 Å². The molecule has 6 heteroatoms. The summed E-state index contributed by atoms with van der Waals surface area (Å²) < 4.78 is 0. The van der Waals surface area contributed by atoms with Crippen LogP contribution in [0.5, 0.6) is 0 Å². The van der Waals surface area contributed by atoms with E-state index in [0.717, 1.165) is 0 Å². The Morgan fingerprint density at radius 3 is 2.36 bits per heavy atom. The average molecular weight is 200 g/mol. The van der Waals surface area contributed by atoms with Crippen molar-refractivity contribution in [2.75, 3.05) is 6.54 Å². The van der Waals surface area contributed by atoms with Crippen molar-refractivity contribution in [3.63, 3.8) is 0 Å². The van der Waals surface area contributed by atoms with Crippen LogP contribution in [0.4, 0.5) is 0 Å². The molecule has 0 aliphatic heterocycles. The molecule has 0 aromatic carbocycles. The molecule has 78 valence electrons. The topological polar surface area (TPSA) is 99.3 Å². The molecule has 0 radical (unpaired) electrons. The maximum atomic E-state index is 9.70. The lowest BCUT2D eigenvalue weighted by Crippen LogP contribution is -2.12. The van der Waals surface area contributed by atoms with Crippen LogP contribution in [0.3, 0.4) is 0 Å². The molecule has 0 aliphatic carbocycles. The highest BCUT2D eigenvalue weighted by Gasteiger charge is 2.07. The fraction of sp³-hybridized carbons (Fsp3) is 0.750. The van der Waals surface area contributed by atoms with Gasteiger partial charge in [-0.2, -0.15) is 4.99 Å². The van der Waals surface area contributed by atoms with Crippen molar-refractivity contribution in [2.24, 2.45) is 9.98 Å². The van der Waals surface area contributed by atoms with Gasteiger partial charge in [-0.15, -0.1) is 0 Å². The van der Waals surface area contributed by atoms with Crippen LogP contribution in [-0.2, 0) is 9.59 Å². The number of aliphatic hydroxyl groups is 2. The second kappa shape index (κ2) is 8.29. The fourth-order valence-electron chi connectivity index (χ4n) is 0.870. The summed E-state index contributed by atoms with van der Waals surface area (Å²) in [4.78, 5) is 25.7. The highest BCUT2D eigenvalue weighted by molar-refractivity contribution is 5.33. The zero-order valence-electron chi connectivity index (χ0n) is 7.59. The van der Waals surface area contributed by atoms with Crippen LogP contribution in [0, 0.1) is 0 Å². The first-order valence-electron chi connectivity index (χ1n) is 4.17. The first kappa shape index (κ1) is 12.7. The van der Waals surface area contributed by atoms with Gasteiger partial charge in [0.25, 0.3) is 0 Å². The van der Waals surface area contributed by atoms with Crippen molar-refractivity contribution < 1.29 is 19.8 Å². The van der Waals surface area contributed by atoms with Gasteiger partial charge in [0, 0.05) is 0 Å². The minimum Gasteiger partial charge on any atom is -0.393 e. The van der Waals surface area contributed by atoms with Crippen LogP contribution in [0.1, 0.15) is 19.3 Å². The van der Waals surface area contributed by atoms with Gasteiger partial charge >= 0.3 is 0 Å². The number of isocyanates is 2. The average Bonchev–Trinajstić information content (AvgIpc) is 2.16. The molecule has 2 unspecified atom stereocenters. The van der Waals surface area contributed by atoms with Gasteiger partial charge in [-0.3, -0.25) is 0 Å². The predicted octanol–water partition coefficient (Wildman–Crippen LogP) is -0.492. The maximum Gasteiger partial charge on any atom is 0.237 e. The largest absolute Gasteiger partial charge is 0.393 e. The van der Waals surface area contributed by atoms with E-state index in [0.29, 0.717) is 12.8 Å². The molecule has 14 heavy (non-hydrogen) atoms. The molecule has 0 saturated heterocycles. The van der Waals surface area contributed by atoms with E-state index < -0.39 is 12.3 Å². The Labute approximate surface area is 81.0 Å². The maximum absolute atomic E-state index is 9.70. The highest BCUT2D eigenvalue weighted by Crippen LogP contribution is 2.05. The Morgan fingerprint density at radius 2 is 1.79 bits per heavy atom. The number of aliphatic imine (C=N–C) groups is 2. The summed E-state index contributed by atoms with van der Waals surface area (Å²) in [7, 11) is 0. The third-order valence-corrected chi connectivity index (χ3v) is 1.60. The summed E-state index contributed by atoms with van der Waals surface area (Å²) in [6, 6.07) is 0. The quantitative estimate of drug-likeness (QED) is 0.427. The van der Waals surface area contributed by atoms with Crippen molar-refractivity contribution in [1.29, 1.82) is 0 Å². The van der Waals surface area contributed by atoms with E-state index in [1.54, 1.807) is 0 Å². The lowest BCUT2D eigenvalue weighted by Gasteiger charge is -2.08. The van der Waals surface area contributed by atoms with E-state index in [4.69, 9.17) is 5.11 Å². The van der Waals surface area contributed by atoms with E-state index in [2.05, 4.69) is 9.98 Å². The zero-order chi connectivity index (χ0) is 10.8. The van der Waals surface area contributed by atoms with Crippen LogP contribution in [-0.4, -0.2) is 41.2 Å². The molecule has 0 heterocycles. The molecule has 0 aromatic rings. The van der Waals surface area contributed by atoms with Crippen molar-refractivity contribution in [2.45, 2.75) is 31.6 Å². The Kier molecular flexibility index (Phi) is 7.50. The summed E-state index contributed by atoms with van der Waals surface area (Å²) in [5.41, 5.74) is 0. The van der Waals surface area contributed by atoms with E-state index >= 15 is 0 Å². The summed E-state index contributed by atoms with van der Waals surface area (Å²) in [5.74, 6) is 0. The van der Waals surface area contributed by atoms with Gasteiger partial charge in [0.2, 0.25) is 12.2 Å². The molecule has 2 atom stereocenters. The molecule has 0 rings (SSSR count). The van der Waals surface area contributed by atoms with Gasteiger partial charge in [-0.25, -0.2) is 14.6 Å². The molecular formula is C8H12N2O4. The monoisotopic (exact) mass is 200 g/mol. The van der Waals surface area contributed by atoms with Crippen LogP contribution in [0.2, 0.25) is 0 Å². The summed E-state index contributed by atoms with van der Waals surface area (Å²) >= 11 is 0. The summed E-state index contributed by atoms with van der Waals surface area (Å²) in [5, 5.41) is 18.2. The van der Waals surface area contributed by atoms with Crippen molar-refractivity contribution in [1.82, 2.24) is 0 Å². The number of nitrogens with zero attached hydrogens (tertiary/aromatic N) is 2. The smallest absolute Gasteiger partial charge is 0.237 e. The number of aliphatic hydroxyl groups excluding tert-OH is 2. The van der Waals surface area contributed by atoms with Crippen LogP contribution in [0.15, 0.2) is 9.98 Å². The third kappa shape index (κ3) is 7.34. The molecule has 0 saturated carbocycles. The highest BCUT2D eigenvalue weighted by atomic mass is 16.3. The standard InChI is InChI=1S/C8H12N2O4/c11-5-9-4-3-7(13)1-2-8(14)10-6-12/h7-8,13-14H,1-4H2. The molecule has 2 N–H and O–H groups in total. The molecule has 0 spiro atoms. The minimum absolute atomic E-state index is 0.182. The lowest BCUT2D eigenvalue weighted by molar-refractivity contribution is 0.114. The van der Waals surface area contributed by atoms with Gasteiger partial charge in [0.05, 0.1) is 12.6 Å². The van der Waals surface area contributed by atoms with Crippen molar-refractivity contribution >= 4 is 12.2 Å². The number of rotatable bonds is 7. The van der Waals surface area contributed by atoms with E-state index in [1.165, 1.54) is 12.2 Å². The van der Waals surface area contributed by atoms with E-state index in [9.17, 15) is 14.7 Å². The minimum atomic E-state index is -1.11. The van der Waals surface area contributed by atoms with Crippen LogP contribution in [0.25, 0.3) is 0 Å². The second-order valence-electron chi connectivity index (χ2n) is 2.69. The molecule has 0 bridgehead atoms. The van der Waals surface area contributed by atoms with Crippen molar-refractivity contribution in [3.8, 4) is 0 Å². The number of hydrogen-bond acceptors (Lipinski definition) is 6.